The molecule has 0 saturated carbocycles. The van der Waals surface area contributed by atoms with Gasteiger partial charge in [0.15, 0.2) is 0 Å². The van der Waals surface area contributed by atoms with Crippen LogP contribution in [0.1, 0.15) is 20.8 Å². The van der Waals surface area contributed by atoms with E-state index in [-0.39, 0.29) is 10.9 Å². The summed E-state index contributed by atoms with van der Waals surface area (Å²) in [7, 11) is 0. The molecule has 16 heavy (non-hydrogen) atoms. The Morgan fingerprint density at radius 3 is 2.62 bits per heavy atom. The highest BCUT2D eigenvalue weighted by Crippen LogP contribution is 2.15. The van der Waals surface area contributed by atoms with Crippen LogP contribution in [0.25, 0.3) is 10.8 Å². The van der Waals surface area contributed by atoms with Crippen molar-refractivity contribution >= 4 is 10.8 Å². The molecule has 0 bridgehead atoms. The number of nitrogens with zero attached hydrogens (tertiary/aromatic N) is 2. The average Bonchev–Trinajstić information content (AvgIpc) is 2.16. The second-order valence-electron chi connectivity index (χ2n) is 4.74. The molecule has 0 radical (unpaired) electrons. The average molecular weight is 220 g/mol. The highest BCUT2D eigenvalue weighted by Gasteiger charge is 2.18. The van der Waals surface area contributed by atoms with Gasteiger partial charge in [0.25, 0.3) is 5.56 Å². The molecule has 1 aromatic heterocycles. The van der Waals surface area contributed by atoms with E-state index >= 15 is 0 Å². The van der Waals surface area contributed by atoms with Crippen LogP contribution in [-0.2, 0) is 5.54 Å². The van der Waals surface area contributed by atoms with Crippen molar-refractivity contribution in [1.82, 2.24) is 9.78 Å². The van der Waals surface area contributed by atoms with Gasteiger partial charge in [0.2, 0.25) is 0 Å². The molecule has 0 aliphatic rings. The smallest absolute Gasteiger partial charge is 0.267 e. The van der Waals surface area contributed by atoms with Crippen LogP contribution in [-0.4, -0.2) is 9.78 Å². The molecule has 0 saturated heterocycles. The second-order valence-corrected chi connectivity index (χ2v) is 4.74. The van der Waals surface area contributed by atoms with Gasteiger partial charge < -0.3 is 0 Å². The van der Waals surface area contributed by atoms with Crippen molar-refractivity contribution in [2.45, 2.75) is 26.3 Å². The first kappa shape index (κ1) is 10.8. The van der Waals surface area contributed by atoms with Crippen LogP contribution >= 0.6 is 0 Å². The second kappa shape index (κ2) is 3.40. The largest absolute Gasteiger partial charge is 0.278 e. The van der Waals surface area contributed by atoms with E-state index in [0.29, 0.717) is 5.39 Å². The standard InChI is InChI=1S/C12H13FN2O/c1-12(2,3)15-11(16)10-8(7-14-15)5-4-6-9(10)13/h4-7H,1-3H3. The third kappa shape index (κ3) is 1.60. The normalized spacial score (nSPS) is 12.0. The van der Waals surface area contributed by atoms with Gasteiger partial charge in [-0.3, -0.25) is 4.79 Å². The number of rotatable bonds is 0. The number of halogens is 1. The fraction of sp³-hybridized carbons (Fsp3) is 0.333. The maximum absolute atomic E-state index is 13.6. The minimum absolute atomic E-state index is 0.104. The predicted octanol–water partition coefficient (Wildman–Crippen LogP) is 2.29. The van der Waals surface area contributed by atoms with E-state index < -0.39 is 11.4 Å². The SMILES string of the molecule is CC(C)(C)n1ncc2cccc(F)c2c1=O. The summed E-state index contributed by atoms with van der Waals surface area (Å²) < 4.78 is 14.9. The molecule has 2 rings (SSSR count). The highest BCUT2D eigenvalue weighted by atomic mass is 19.1. The monoisotopic (exact) mass is 220 g/mol. The molecule has 0 aliphatic heterocycles. The summed E-state index contributed by atoms with van der Waals surface area (Å²) in [5, 5.41) is 4.69. The van der Waals surface area contributed by atoms with E-state index in [1.54, 1.807) is 12.1 Å². The van der Waals surface area contributed by atoms with Crippen LogP contribution in [0.5, 0.6) is 0 Å². The van der Waals surface area contributed by atoms with Crippen LogP contribution in [0, 0.1) is 5.82 Å². The minimum Gasteiger partial charge on any atom is -0.267 e. The summed E-state index contributed by atoms with van der Waals surface area (Å²) in [6.07, 6.45) is 1.52. The Labute approximate surface area is 92.5 Å². The summed E-state index contributed by atoms with van der Waals surface area (Å²) in [6, 6.07) is 4.54. The van der Waals surface area contributed by atoms with Gasteiger partial charge in [-0.05, 0) is 26.8 Å². The van der Waals surface area contributed by atoms with Crippen molar-refractivity contribution in [3.8, 4) is 0 Å². The first-order chi connectivity index (χ1) is 7.41. The van der Waals surface area contributed by atoms with Gasteiger partial charge in [-0.25, -0.2) is 9.07 Å². The molecule has 0 fully saturated rings. The van der Waals surface area contributed by atoms with Gasteiger partial charge in [0, 0.05) is 5.39 Å². The first-order valence-corrected chi connectivity index (χ1v) is 5.08. The Morgan fingerprint density at radius 1 is 1.31 bits per heavy atom. The zero-order valence-electron chi connectivity index (χ0n) is 9.49. The molecule has 1 aromatic carbocycles. The molecule has 0 atom stereocenters. The molecule has 0 unspecified atom stereocenters. The van der Waals surface area contributed by atoms with Crippen molar-refractivity contribution in [2.75, 3.05) is 0 Å². The summed E-state index contributed by atoms with van der Waals surface area (Å²) in [6.45, 7) is 5.57. The van der Waals surface area contributed by atoms with Crippen LogP contribution in [0.3, 0.4) is 0 Å². The van der Waals surface area contributed by atoms with Gasteiger partial charge in [-0.15, -0.1) is 0 Å². The third-order valence-electron chi connectivity index (χ3n) is 2.40. The maximum atomic E-state index is 13.6. The number of fused-ring (bicyclic) bond motifs is 1. The first-order valence-electron chi connectivity index (χ1n) is 5.08. The zero-order chi connectivity index (χ0) is 11.9. The van der Waals surface area contributed by atoms with E-state index in [4.69, 9.17) is 0 Å². The molecular formula is C12H13FN2O. The number of hydrogen-bond donors (Lipinski definition) is 0. The van der Waals surface area contributed by atoms with E-state index in [0.717, 1.165) is 0 Å². The highest BCUT2D eigenvalue weighted by molar-refractivity contribution is 5.81. The van der Waals surface area contributed by atoms with Crippen LogP contribution in [0.4, 0.5) is 4.39 Å². The zero-order valence-corrected chi connectivity index (χ0v) is 9.49. The van der Waals surface area contributed by atoms with E-state index in [2.05, 4.69) is 5.10 Å². The summed E-state index contributed by atoms with van der Waals surface area (Å²) >= 11 is 0. The van der Waals surface area contributed by atoms with Gasteiger partial charge in [-0.1, -0.05) is 12.1 Å². The Hall–Kier alpha value is -1.71. The molecule has 0 N–H and O–H groups in total. The van der Waals surface area contributed by atoms with Crippen LogP contribution in [0.15, 0.2) is 29.2 Å². The molecule has 2 aromatic rings. The summed E-state index contributed by atoms with van der Waals surface area (Å²) in [5.74, 6) is -0.497. The quantitative estimate of drug-likeness (QED) is 0.682. The van der Waals surface area contributed by atoms with Crippen LogP contribution in [0.2, 0.25) is 0 Å². The van der Waals surface area contributed by atoms with Crippen molar-refractivity contribution in [1.29, 1.82) is 0 Å². The molecule has 4 heteroatoms. The molecule has 0 aliphatic carbocycles. The maximum Gasteiger partial charge on any atom is 0.278 e. The van der Waals surface area contributed by atoms with Gasteiger partial charge in [0.05, 0.1) is 17.1 Å². The van der Waals surface area contributed by atoms with Crippen molar-refractivity contribution in [3.63, 3.8) is 0 Å². The number of hydrogen-bond acceptors (Lipinski definition) is 2. The predicted molar refractivity (Wildman–Crippen MR) is 61.0 cm³/mol. The topological polar surface area (TPSA) is 34.9 Å². The Morgan fingerprint density at radius 2 is 2.00 bits per heavy atom. The van der Waals surface area contributed by atoms with Gasteiger partial charge in [0.1, 0.15) is 5.82 Å². The summed E-state index contributed by atoms with van der Waals surface area (Å²) in [4.78, 5) is 12.1. The van der Waals surface area contributed by atoms with E-state index in [9.17, 15) is 9.18 Å². The van der Waals surface area contributed by atoms with Crippen molar-refractivity contribution in [2.24, 2.45) is 0 Å². The lowest BCUT2D eigenvalue weighted by Gasteiger charge is -2.20. The Kier molecular flexibility index (Phi) is 2.30. The van der Waals surface area contributed by atoms with Gasteiger partial charge in [-0.2, -0.15) is 5.10 Å². The number of benzene rings is 1. The Balaban J connectivity index is 2.90. The van der Waals surface area contributed by atoms with Crippen LogP contribution < -0.4 is 5.56 Å². The fourth-order valence-electron chi connectivity index (χ4n) is 1.63. The van der Waals surface area contributed by atoms with E-state index in [1.165, 1.54) is 16.9 Å². The molecular weight excluding hydrogens is 207 g/mol. The minimum atomic E-state index is -0.497. The third-order valence-corrected chi connectivity index (χ3v) is 2.40. The molecule has 3 nitrogen and oxygen atoms in total. The van der Waals surface area contributed by atoms with Crippen molar-refractivity contribution in [3.05, 3.63) is 40.6 Å². The molecule has 84 valence electrons. The molecule has 1 heterocycles. The van der Waals surface area contributed by atoms with Crippen molar-refractivity contribution < 1.29 is 4.39 Å². The lowest BCUT2D eigenvalue weighted by molar-refractivity contribution is 0.340. The van der Waals surface area contributed by atoms with Gasteiger partial charge >= 0.3 is 0 Å². The fourth-order valence-corrected chi connectivity index (χ4v) is 1.63. The molecule has 0 amide bonds. The molecule has 0 spiro atoms. The Bertz CT molecular complexity index is 596. The summed E-state index contributed by atoms with van der Waals surface area (Å²) in [5.41, 5.74) is -0.837. The number of aromatic nitrogens is 2. The van der Waals surface area contributed by atoms with E-state index in [1.807, 2.05) is 20.8 Å². The lowest BCUT2D eigenvalue weighted by atomic mass is 10.1. The lowest BCUT2D eigenvalue weighted by Crippen LogP contribution is -2.36.